The number of hydrogen-bond acceptors (Lipinski definition) is 8. The predicted molar refractivity (Wildman–Crippen MR) is 179 cm³/mol. The fourth-order valence-corrected chi connectivity index (χ4v) is 8.49. The van der Waals surface area contributed by atoms with E-state index in [2.05, 4.69) is 26.9 Å². The summed E-state index contributed by atoms with van der Waals surface area (Å²) in [6, 6.07) is 3.23. The molecule has 1 saturated heterocycles. The predicted octanol–water partition coefficient (Wildman–Crippen LogP) is 3.91. The molecule has 6 atom stereocenters. The highest BCUT2D eigenvalue weighted by atomic mass is 32.2. The Balaban J connectivity index is 1.33. The second-order valence-electron chi connectivity index (χ2n) is 14.4. The van der Waals surface area contributed by atoms with Crippen molar-refractivity contribution in [3.05, 3.63) is 48.7 Å². The molecule has 6 rings (SSSR count). The molecule has 2 aromatic rings. The number of hydrogen-bond donors (Lipinski definition) is 3. The Morgan fingerprint density at radius 2 is 1.92 bits per heavy atom. The normalized spacial score (nSPS) is 29.4. The Morgan fingerprint density at radius 3 is 2.58 bits per heavy atom. The van der Waals surface area contributed by atoms with Crippen LogP contribution in [0.15, 0.2) is 43.1 Å². The Kier molecular flexibility index (Phi) is 9.94. The Morgan fingerprint density at radius 1 is 1.16 bits per heavy atom. The molecule has 272 valence electrons. The molecule has 0 radical (unpaired) electrons. The van der Waals surface area contributed by atoms with Gasteiger partial charge in [-0.2, -0.15) is 13.2 Å². The average Bonchev–Trinajstić information content (AvgIpc) is 3.98. The molecule has 50 heavy (non-hydrogen) atoms. The fraction of sp³-hybridized carbons (Fsp3) is 0.600. The van der Waals surface area contributed by atoms with Gasteiger partial charge in [-0.15, -0.1) is 6.58 Å². The van der Waals surface area contributed by atoms with Gasteiger partial charge in [-0.3, -0.25) is 24.4 Å². The topological polar surface area (TPSA) is 147 Å². The number of sulfonamides is 1. The molecule has 2 saturated carbocycles. The van der Waals surface area contributed by atoms with Crippen LogP contribution in [0.5, 0.6) is 5.88 Å². The number of alkyl halides is 3. The number of halogens is 3. The van der Waals surface area contributed by atoms with Crippen LogP contribution in [0.3, 0.4) is 0 Å². The third kappa shape index (κ3) is 7.48. The number of fused-ring (bicyclic) bond motifs is 3. The van der Waals surface area contributed by atoms with Gasteiger partial charge in [0.1, 0.15) is 23.7 Å². The van der Waals surface area contributed by atoms with Crippen LogP contribution in [-0.4, -0.2) is 83.8 Å². The van der Waals surface area contributed by atoms with Crippen molar-refractivity contribution < 1.29 is 40.7 Å². The van der Waals surface area contributed by atoms with Crippen LogP contribution in [0.2, 0.25) is 0 Å². The van der Waals surface area contributed by atoms with E-state index in [4.69, 9.17) is 4.74 Å². The van der Waals surface area contributed by atoms with Crippen LogP contribution in [0, 0.1) is 11.8 Å². The summed E-state index contributed by atoms with van der Waals surface area (Å²) < 4.78 is 76.8. The van der Waals surface area contributed by atoms with E-state index in [1.165, 1.54) is 11.0 Å². The largest absolute Gasteiger partial charge is 0.472 e. The van der Waals surface area contributed by atoms with Gasteiger partial charge in [0.05, 0.1) is 17.8 Å². The smallest absolute Gasteiger partial charge is 0.403 e. The van der Waals surface area contributed by atoms with Gasteiger partial charge in [0.15, 0.2) is 0 Å². The number of nitrogens with one attached hydrogen (secondary N) is 3. The van der Waals surface area contributed by atoms with E-state index in [0.29, 0.717) is 44.4 Å². The molecule has 11 nitrogen and oxygen atoms in total. The van der Waals surface area contributed by atoms with E-state index in [0.717, 1.165) is 16.3 Å². The van der Waals surface area contributed by atoms with Crippen LogP contribution in [-0.2, 0) is 30.8 Å². The van der Waals surface area contributed by atoms with Crippen molar-refractivity contribution in [1.29, 1.82) is 0 Å². The van der Waals surface area contributed by atoms with Gasteiger partial charge in [0.25, 0.3) is 5.91 Å². The summed E-state index contributed by atoms with van der Waals surface area (Å²) in [6.07, 6.45) is 0.560. The highest BCUT2D eigenvalue weighted by molar-refractivity contribution is 7.91. The van der Waals surface area contributed by atoms with Gasteiger partial charge >= 0.3 is 6.18 Å². The number of ether oxygens (including phenoxy) is 1. The fourth-order valence-electron chi connectivity index (χ4n) is 7.13. The van der Waals surface area contributed by atoms with Crippen LogP contribution in [0.1, 0.15) is 70.8 Å². The first-order valence-electron chi connectivity index (χ1n) is 17.3. The lowest BCUT2D eigenvalue weighted by Gasteiger charge is -2.34. The number of nitrogens with zero attached hydrogens (tertiary/aromatic N) is 2. The molecule has 0 spiro atoms. The second kappa shape index (κ2) is 13.8. The van der Waals surface area contributed by atoms with E-state index in [1.54, 1.807) is 20.0 Å². The van der Waals surface area contributed by atoms with Crippen molar-refractivity contribution in [3.63, 3.8) is 0 Å². The van der Waals surface area contributed by atoms with Gasteiger partial charge in [0, 0.05) is 23.9 Å². The number of carbonyl (C=O) groups is 3. The highest BCUT2D eigenvalue weighted by Crippen LogP contribution is 2.45. The van der Waals surface area contributed by atoms with Crippen molar-refractivity contribution in [2.45, 2.75) is 113 Å². The zero-order valence-corrected chi connectivity index (χ0v) is 29.0. The first kappa shape index (κ1) is 36.1. The third-order valence-electron chi connectivity index (χ3n) is 10.3. The molecule has 1 aromatic carbocycles. The third-order valence-corrected chi connectivity index (χ3v) is 12.2. The van der Waals surface area contributed by atoms with E-state index >= 15 is 0 Å². The number of carbonyl (C=O) groups excluding carboxylic acids is 3. The van der Waals surface area contributed by atoms with Crippen LogP contribution < -0.4 is 20.1 Å². The van der Waals surface area contributed by atoms with Crippen molar-refractivity contribution in [2.24, 2.45) is 11.8 Å². The summed E-state index contributed by atoms with van der Waals surface area (Å²) >= 11 is 0. The molecule has 4 aliphatic rings. The summed E-state index contributed by atoms with van der Waals surface area (Å²) in [5.41, 5.74) is -0.619. The van der Waals surface area contributed by atoms with Gasteiger partial charge in [-0.1, -0.05) is 44.9 Å². The lowest BCUT2D eigenvalue weighted by atomic mass is 9.98. The van der Waals surface area contributed by atoms with Gasteiger partial charge < -0.3 is 15.0 Å². The molecule has 1 unspecified atom stereocenters. The van der Waals surface area contributed by atoms with E-state index in [1.807, 2.05) is 24.3 Å². The number of amides is 3. The molecule has 1 aromatic heterocycles. The van der Waals surface area contributed by atoms with Crippen molar-refractivity contribution in [3.8, 4) is 5.88 Å². The minimum Gasteiger partial charge on any atom is -0.472 e. The summed E-state index contributed by atoms with van der Waals surface area (Å²) in [5, 5.41) is 6.24. The molecule has 15 heteroatoms. The molecular weight excluding hydrogens is 675 g/mol. The number of rotatable bonds is 7. The maximum atomic E-state index is 14.3. The summed E-state index contributed by atoms with van der Waals surface area (Å²) in [6.45, 7) is 6.88. The minimum absolute atomic E-state index is 0.0420. The van der Waals surface area contributed by atoms with E-state index < -0.39 is 80.8 Å². The highest BCUT2D eigenvalue weighted by Gasteiger charge is 2.62. The number of aryl methyl sites for hydroxylation is 1. The minimum atomic E-state index is -4.62. The van der Waals surface area contributed by atoms with Gasteiger partial charge in [0.2, 0.25) is 27.7 Å². The molecule has 2 aliphatic heterocycles. The first-order chi connectivity index (χ1) is 23.6. The molecule has 3 amide bonds. The maximum absolute atomic E-state index is 14.3. The maximum Gasteiger partial charge on any atom is 0.403 e. The molecule has 3 heterocycles. The van der Waals surface area contributed by atoms with Crippen molar-refractivity contribution in [1.82, 2.24) is 25.2 Å². The molecular formula is C35H44F3N5O6S. The summed E-state index contributed by atoms with van der Waals surface area (Å²) in [4.78, 5) is 47.5. The van der Waals surface area contributed by atoms with E-state index in [-0.39, 0.29) is 25.8 Å². The zero-order chi connectivity index (χ0) is 36.0. The van der Waals surface area contributed by atoms with Crippen LogP contribution >= 0.6 is 0 Å². The van der Waals surface area contributed by atoms with Crippen LogP contribution in [0.25, 0.3) is 10.8 Å². The summed E-state index contributed by atoms with van der Waals surface area (Å²) in [7, 11) is -3.93. The summed E-state index contributed by atoms with van der Waals surface area (Å²) in [5.74, 6) is -3.18. The van der Waals surface area contributed by atoms with E-state index in [9.17, 15) is 36.0 Å². The van der Waals surface area contributed by atoms with Crippen molar-refractivity contribution >= 4 is 38.5 Å². The Hall–Kier alpha value is -3.72. The van der Waals surface area contributed by atoms with Crippen LogP contribution in [0.4, 0.5) is 13.2 Å². The number of pyridine rings is 1. The lowest BCUT2D eigenvalue weighted by Crippen LogP contribution is -2.60. The SMILES string of the molecule is C=C[C@H]1C[C@]1(NC(=O)[C@@H]1C[C@@H]2CN1C(=O)[C@H](C(C)C)NC(C(F)(F)F)CCCCCc1ccc3ccnc(c3c1)O2)C(=O)NS(=O)(=O)C1CC1. The average molecular weight is 720 g/mol. The van der Waals surface area contributed by atoms with Gasteiger partial charge in [-0.25, -0.2) is 13.4 Å². The molecule has 4 bridgehead atoms. The second-order valence-corrected chi connectivity index (χ2v) is 16.4. The quantitative estimate of drug-likeness (QED) is 0.366. The number of benzene rings is 1. The molecule has 2 aliphatic carbocycles. The Bertz CT molecular complexity index is 1770. The standard InChI is InChI=1S/C35H44F3N5O6S/c1-4-23-18-34(23,33(46)42-50(47,48)25-12-13-25)41-30(44)27-17-24-19-43(27)32(45)29(20(2)3)40-28(35(36,37)38)9-7-5-6-8-21-10-11-22-14-15-39-31(49-24)26(22)16-21/h4,10-11,14-16,20,23-25,27-29,40H,1,5-9,12-13,17-19H2,2-3H3,(H,41,44)(H,42,46)/t23-,24+,27-,28?,29-,34+/m0/s1. The lowest BCUT2D eigenvalue weighted by molar-refractivity contribution is -0.163. The monoisotopic (exact) mass is 719 g/mol. The number of aromatic nitrogens is 1. The zero-order valence-electron chi connectivity index (χ0n) is 28.2. The molecule has 3 N–H and O–H groups in total. The van der Waals surface area contributed by atoms with Crippen molar-refractivity contribution in [2.75, 3.05) is 6.54 Å². The Labute approximate surface area is 289 Å². The first-order valence-corrected chi connectivity index (χ1v) is 18.9. The molecule has 3 fully saturated rings. The van der Waals surface area contributed by atoms with Gasteiger partial charge in [-0.05, 0) is 67.5 Å².